The Morgan fingerprint density at radius 3 is 2.73 bits per heavy atom. The molecule has 8 nitrogen and oxygen atoms in total. The van der Waals surface area contributed by atoms with Crippen LogP contribution in [0.2, 0.25) is 0 Å². The van der Waals surface area contributed by atoms with Crippen LogP contribution in [0.5, 0.6) is 0 Å². The van der Waals surface area contributed by atoms with E-state index in [1.165, 1.54) is 0 Å². The number of rotatable bonds is 5. The molecule has 3 N–H and O–H groups in total. The third-order valence-electron chi connectivity index (χ3n) is 4.98. The highest BCUT2D eigenvalue weighted by molar-refractivity contribution is 5.98. The highest BCUT2D eigenvalue weighted by atomic mass is 16.3. The fraction of sp³-hybridized carbons (Fsp3) is 0.611. The van der Waals surface area contributed by atoms with E-state index in [4.69, 9.17) is 4.42 Å². The molecule has 0 aliphatic carbocycles. The zero-order chi connectivity index (χ0) is 18.5. The van der Waals surface area contributed by atoms with Gasteiger partial charge in [-0.15, -0.1) is 0 Å². The number of hydrogen-bond acceptors (Lipinski definition) is 5. The van der Waals surface area contributed by atoms with Gasteiger partial charge in [-0.2, -0.15) is 0 Å². The summed E-state index contributed by atoms with van der Waals surface area (Å²) in [6.45, 7) is 5.31. The van der Waals surface area contributed by atoms with Crippen LogP contribution >= 0.6 is 0 Å². The first-order valence-electron chi connectivity index (χ1n) is 9.15. The molecule has 142 valence electrons. The molecule has 26 heavy (non-hydrogen) atoms. The van der Waals surface area contributed by atoms with Gasteiger partial charge in [0.15, 0.2) is 0 Å². The highest BCUT2D eigenvalue weighted by Gasteiger charge is 2.27. The van der Waals surface area contributed by atoms with E-state index in [2.05, 4.69) is 20.9 Å². The Hall–Kier alpha value is -2.35. The molecule has 0 spiro atoms. The Kier molecular flexibility index (Phi) is 5.92. The predicted octanol–water partition coefficient (Wildman–Crippen LogP) is 0.904. The van der Waals surface area contributed by atoms with E-state index in [1.807, 2.05) is 19.1 Å². The van der Waals surface area contributed by atoms with Crippen molar-refractivity contribution >= 4 is 17.8 Å². The molecule has 4 amide bonds. The molecule has 2 aliphatic rings. The molecule has 2 aliphatic heterocycles. The monoisotopic (exact) mass is 362 g/mol. The average Bonchev–Trinajstić information content (AvgIpc) is 2.93. The van der Waals surface area contributed by atoms with Crippen LogP contribution in [0.15, 0.2) is 16.5 Å². The van der Waals surface area contributed by atoms with Crippen LogP contribution in [0.4, 0.5) is 4.79 Å². The highest BCUT2D eigenvalue weighted by Crippen LogP contribution is 2.19. The number of amides is 4. The second kappa shape index (κ2) is 8.35. The van der Waals surface area contributed by atoms with Crippen LogP contribution in [-0.2, 0) is 16.1 Å². The number of urea groups is 1. The molecule has 2 fully saturated rings. The minimum Gasteiger partial charge on any atom is -0.465 e. The van der Waals surface area contributed by atoms with Crippen molar-refractivity contribution in [3.63, 3.8) is 0 Å². The summed E-state index contributed by atoms with van der Waals surface area (Å²) in [6, 6.07) is 2.74. The molecule has 3 rings (SSSR count). The molecule has 0 unspecified atom stereocenters. The number of nitrogens with zero attached hydrogens (tertiary/aromatic N) is 1. The van der Waals surface area contributed by atoms with E-state index < -0.39 is 12.1 Å². The first kappa shape index (κ1) is 18.4. The number of imide groups is 1. The van der Waals surface area contributed by atoms with Crippen molar-refractivity contribution in [3.05, 3.63) is 23.7 Å². The number of carbonyl (C=O) groups excluding carboxylic acids is 3. The van der Waals surface area contributed by atoms with Gasteiger partial charge in [-0.3, -0.25) is 19.8 Å². The normalized spacial score (nSPS) is 22.4. The van der Waals surface area contributed by atoms with Gasteiger partial charge in [0.1, 0.15) is 17.6 Å². The van der Waals surface area contributed by atoms with Gasteiger partial charge >= 0.3 is 6.03 Å². The number of furan rings is 1. The van der Waals surface area contributed by atoms with Gasteiger partial charge in [-0.05, 0) is 57.3 Å². The lowest BCUT2D eigenvalue weighted by molar-refractivity contribution is -0.123. The van der Waals surface area contributed by atoms with E-state index in [9.17, 15) is 14.4 Å². The minimum atomic E-state index is -0.649. The van der Waals surface area contributed by atoms with Gasteiger partial charge in [0, 0.05) is 13.0 Å². The van der Waals surface area contributed by atoms with Crippen LogP contribution in [0.1, 0.15) is 37.2 Å². The van der Waals surface area contributed by atoms with Gasteiger partial charge in [-0.1, -0.05) is 0 Å². The largest absolute Gasteiger partial charge is 0.465 e. The summed E-state index contributed by atoms with van der Waals surface area (Å²) in [5, 5.41) is 7.63. The van der Waals surface area contributed by atoms with E-state index in [0.29, 0.717) is 18.9 Å². The Morgan fingerprint density at radius 1 is 1.27 bits per heavy atom. The van der Waals surface area contributed by atoms with Gasteiger partial charge in [0.2, 0.25) is 11.8 Å². The average molecular weight is 362 g/mol. The topological polar surface area (TPSA) is 104 Å². The summed E-state index contributed by atoms with van der Waals surface area (Å²) >= 11 is 0. The number of hydrogen-bond donors (Lipinski definition) is 3. The number of carbonyl (C=O) groups is 3. The van der Waals surface area contributed by atoms with Gasteiger partial charge in [-0.25, -0.2) is 4.79 Å². The van der Waals surface area contributed by atoms with Gasteiger partial charge < -0.3 is 15.1 Å². The predicted molar refractivity (Wildman–Crippen MR) is 94.2 cm³/mol. The lowest BCUT2D eigenvalue weighted by atomic mass is 9.96. The summed E-state index contributed by atoms with van der Waals surface area (Å²) < 4.78 is 5.62. The quantitative estimate of drug-likeness (QED) is 0.722. The summed E-state index contributed by atoms with van der Waals surface area (Å²) in [5.74, 6) is 1.77. The van der Waals surface area contributed by atoms with Crippen molar-refractivity contribution in [2.45, 2.75) is 45.2 Å². The molecule has 3 heterocycles. The van der Waals surface area contributed by atoms with Crippen molar-refractivity contribution in [1.29, 1.82) is 0 Å². The van der Waals surface area contributed by atoms with Crippen molar-refractivity contribution in [3.8, 4) is 0 Å². The first-order chi connectivity index (χ1) is 12.5. The Labute approximate surface area is 152 Å². The van der Waals surface area contributed by atoms with Crippen molar-refractivity contribution in [2.75, 3.05) is 19.6 Å². The van der Waals surface area contributed by atoms with E-state index >= 15 is 0 Å². The smallest absolute Gasteiger partial charge is 0.322 e. The van der Waals surface area contributed by atoms with Crippen LogP contribution in [0.25, 0.3) is 0 Å². The molecular formula is C18H26N4O4. The maximum atomic E-state index is 12.3. The zero-order valence-corrected chi connectivity index (χ0v) is 15.0. The number of likely N-dealkylation sites (tertiary alicyclic amines) is 1. The van der Waals surface area contributed by atoms with Crippen LogP contribution in [-0.4, -0.2) is 48.4 Å². The third kappa shape index (κ3) is 5.08. The third-order valence-corrected chi connectivity index (χ3v) is 4.98. The molecule has 0 bridgehead atoms. The molecule has 0 aromatic carbocycles. The standard InChI is InChI=1S/C18H26N4O4/c1-12-2-3-14(26-12)11-22-8-6-13(7-9-22)10-19-17(24)15-4-5-16(23)21-18(25)20-15/h2-3,13,15H,4-11H2,1H3,(H,19,24)(H2,20,21,23,25)/t15-/m1/s1. The Balaban J connectivity index is 1.38. The lowest BCUT2D eigenvalue weighted by Gasteiger charge is -2.31. The van der Waals surface area contributed by atoms with Crippen molar-refractivity contribution in [1.82, 2.24) is 20.9 Å². The van der Waals surface area contributed by atoms with E-state index in [1.54, 1.807) is 0 Å². The molecule has 1 aromatic heterocycles. The lowest BCUT2D eigenvalue weighted by Crippen LogP contribution is -2.49. The molecular weight excluding hydrogens is 336 g/mol. The molecule has 8 heteroatoms. The van der Waals surface area contributed by atoms with Gasteiger partial charge in [0.05, 0.1) is 6.54 Å². The fourth-order valence-corrected chi connectivity index (χ4v) is 3.43. The summed E-state index contributed by atoms with van der Waals surface area (Å²) in [5.41, 5.74) is 0. The Bertz CT molecular complexity index is 664. The summed E-state index contributed by atoms with van der Waals surface area (Å²) in [4.78, 5) is 37.4. The maximum absolute atomic E-state index is 12.3. The van der Waals surface area contributed by atoms with E-state index in [0.717, 1.165) is 44.0 Å². The SMILES string of the molecule is Cc1ccc(CN2CCC(CNC(=O)[C@H]3CCC(=O)NC(=O)N3)CC2)o1. The van der Waals surface area contributed by atoms with E-state index in [-0.39, 0.29) is 18.2 Å². The maximum Gasteiger partial charge on any atom is 0.322 e. The molecule has 1 atom stereocenters. The van der Waals surface area contributed by atoms with Crippen LogP contribution < -0.4 is 16.0 Å². The summed E-state index contributed by atoms with van der Waals surface area (Å²) in [7, 11) is 0. The number of nitrogens with one attached hydrogen (secondary N) is 3. The van der Waals surface area contributed by atoms with Gasteiger partial charge in [0.25, 0.3) is 0 Å². The summed E-state index contributed by atoms with van der Waals surface area (Å²) in [6.07, 6.45) is 2.51. The zero-order valence-electron chi connectivity index (χ0n) is 15.0. The second-order valence-electron chi connectivity index (χ2n) is 7.09. The molecule has 2 saturated heterocycles. The minimum absolute atomic E-state index is 0.168. The molecule has 1 aromatic rings. The Morgan fingerprint density at radius 2 is 2.04 bits per heavy atom. The second-order valence-corrected chi connectivity index (χ2v) is 7.09. The van der Waals surface area contributed by atoms with Crippen molar-refractivity contribution in [2.24, 2.45) is 5.92 Å². The fourth-order valence-electron chi connectivity index (χ4n) is 3.43. The number of aryl methyl sites for hydroxylation is 1. The number of piperidine rings is 1. The van der Waals surface area contributed by atoms with Crippen LogP contribution in [0.3, 0.4) is 0 Å². The first-order valence-corrected chi connectivity index (χ1v) is 9.15. The van der Waals surface area contributed by atoms with Crippen LogP contribution in [0, 0.1) is 12.8 Å². The van der Waals surface area contributed by atoms with Crippen molar-refractivity contribution < 1.29 is 18.8 Å². The molecule has 0 saturated carbocycles. The molecule has 0 radical (unpaired) electrons.